The first-order valence-electron chi connectivity index (χ1n) is 11.6. The molecule has 1 aliphatic rings. The predicted octanol–water partition coefficient (Wildman–Crippen LogP) is 3.09. The summed E-state index contributed by atoms with van der Waals surface area (Å²) in [5.41, 5.74) is -2.37. The molecule has 0 amide bonds. The largest absolute Gasteiger partial charge is 0.496 e. The van der Waals surface area contributed by atoms with Crippen molar-refractivity contribution in [3.63, 3.8) is 0 Å². The van der Waals surface area contributed by atoms with Crippen LogP contribution in [0.15, 0.2) is 50.6 Å². The second-order valence-corrected chi connectivity index (χ2v) is 9.89. The number of pyridine rings is 1. The molecule has 0 saturated carbocycles. The highest BCUT2D eigenvalue weighted by Crippen LogP contribution is 2.32. The number of nitrogens with zero attached hydrogens (tertiary/aromatic N) is 3. The second kappa shape index (κ2) is 10.5. The van der Waals surface area contributed by atoms with Gasteiger partial charge in [0.2, 0.25) is 0 Å². The quantitative estimate of drug-likeness (QED) is 0.416. The lowest BCUT2D eigenvalue weighted by Gasteiger charge is -2.30. The van der Waals surface area contributed by atoms with Gasteiger partial charge in [0, 0.05) is 18.8 Å². The number of aliphatic carboxylic acids is 1. The smallest absolute Gasteiger partial charge is 0.332 e. The first kappa shape index (κ1) is 26.1. The maximum absolute atomic E-state index is 13.8. The van der Waals surface area contributed by atoms with Crippen LogP contribution in [-0.2, 0) is 26.4 Å². The molecule has 2 aromatic heterocycles. The van der Waals surface area contributed by atoms with Crippen LogP contribution in [0.3, 0.4) is 0 Å². The number of halogens is 1. The SMILES string of the molecule is COc1ccccc1[C@H](Cn1c(=O)n(C(C)(C)C(=O)O)c(=O)c2nc(Br)ccc21)OC1CCOCC1. The molecule has 1 aliphatic heterocycles. The molecule has 4 rings (SSSR count). The molecule has 3 aromatic rings. The van der Waals surface area contributed by atoms with Crippen molar-refractivity contribution >= 4 is 32.9 Å². The standard InChI is InChI=1S/C25H28BrN3O7/c1-25(2,23(31)32)29-22(30)21-17(8-9-20(26)27-21)28(24(29)33)14-19(36-15-10-12-35-13-11-15)16-6-4-5-7-18(16)34-3/h4-9,15,19H,10-14H2,1-3H3,(H,31,32)/t19-/m0/s1. The average molecular weight is 562 g/mol. The molecule has 0 unspecified atom stereocenters. The maximum atomic E-state index is 13.8. The molecule has 1 fully saturated rings. The first-order chi connectivity index (χ1) is 17.1. The van der Waals surface area contributed by atoms with Gasteiger partial charge < -0.3 is 19.3 Å². The number of rotatable bonds is 8. The maximum Gasteiger partial charge on any atom is 0.332 e. The summed E-state index contributed by atoms with van der Waals surface area (Å²) in [5.74, 6) is -0.727. The van der Waals surface area contributed by atoms with E-state index in [1.807, 2.05) is 24.3 Å². The number of carboxylic acid groups (broad SMARTS) is 1. The van der Waals surface area contributed by atoms with Crippen molar-refractivity contribution in [1.29, 1.82) is 0 Å². The van der Waals surface area contributed by atoms with E-state index in [-0.39, 0.29) is 23.7 Å². The molecule has 1 saturated heterocycles. The Morgan fingerprint density at radius 1 is 1.22 bits per heavy atom. The third-order valence-electron chi connectivity index (χ3n) is 6.40. The van der Waals surface area contributed by atoms with Gasteiger partial charge in [-0.25, -0.2) is 19.1 Å². The zero-order valence-corrected chi connectivity index (χ0v) is 21.9. The third-order valence-corrected chi connectivity index (χ3v) is 6.84. The highest BCUT2D eigenvalue weighted by molar-refractivity contribution is 9.10. The normalized spacial score (nSPS) is 15.7. The van der Waals surface area contributed by atoms with E-state index in [0.717, 1.165) is 10.1 Å². The van der Waals surface area contributed by atoms with Crippen LogP contribution in [0.2, 0.25) is 0 Å². The molecule has 0 bridgehead atoms. The van der Waals surface area contributed by atoms with Crippen LogP contribution in [0.1, 0.15) is 38.4 Å². The van der Waals surface area contributed by atoms with Gasteiger partial charge in [0.05, 0.1) is 25.3 Å². The molecule has 0 spiro atoms. The lowest BCUT2D eigenvalue weighted by Crippen LogP contribution is -2.53. The first-order valence-corrected chi connectivity index (χ1v) is 12.4. The van der Waals surface area contributed by atoms with Gasteiger partial charge in [0.15, 0.2) is 5.52 Å². The van der Waals surface area contributed by atoms with Crippen molar-refractivity contribution in [3.8, 4) is 5.75 Å². The van der Waals surface area contributed by atoms with Crippen LogP contribution in [0.25, 0.3) is 11.0 Å². The van der Waals surface area contributed by atoms with Gasteiger partial charge in [-0.15, -0.1) is 0 Å². The van der Waals surface area contributed by atoms with E-state index in [2.05, 4.69) is 20.9 Å². The molecular formula is C25H28BrN3O7. The number of benzene rings is 1. The summed E-state index contributed by atoms with van der Waals surface area (Å²) in [6, 6.07) is 10.6. The van der Waals surface area contributed by atoms with E-state index in [1.165, 1.54) is 18.4 Å². The van der Waals surface area contributed by atoms with Crippen molar-refractivity contribution in [1.82, 2.24) is 14.1 Å². The molecule has 0 radical (unpaired) electrons. The third kappa shape index (κ3) is 4.95. The average Bonchev–Trinajstić information content (AvgIpc) is 2.86. The fourth-order valence-electron chi connectivity index (χ4n) is 4.34. The summed E-state index contributed by atoms with van der Waals surface area (Å²) in [7, 11) is 1.56. The van der Waals surface area contributed by atoms with Crippen molar-refractivity contribution < 1.29 is 24.1 Å². The topological polar surface area (TPSA) is 122 Å². The van der Waals surface area contributed by atoms with Gasteiger partial charge in [-0.05, 0) is 60.8 Å². The van der Waals surface area contributed by atoms with E-state index >= 15 is 0 Å². The van der Waals surface area contributed by atoms with E-state index < -0.39 is 28.9 Å². The minimum atomic E-state index is -1.81. The fraction of sp³-hybridized carbons (Fsp3) is 0.440. The van der Waals surface area contributed by atoms with Crippen molar-refractivity contribution in [2.24, 2.45) is 0 Å². The van der Waals surface area contributed by atoms with Gasteiger partial charge in [-0.1, -0.05) is 18.2 Å². The van der Waals surface area contributed by atoms with Gasteiger partial charge in [-0.3, -0.25) is 9.36 Å². The van der Waals surface area contributed by atoms with Crippen LogP contribution in [0.5, 0.6) is 5.75 Å². The van der Waals surface area contributed by atoms with Crippen LogP contribution >= 0.6 is 15.9 Å². The minimum Gasteiger partial charge on any atom is -0.496 e. The number of methoxy groups -OCH3 is 1. The molecule has 1 aromatic carbocycles. The van der Waals surface area contributed by atoms with Crippen LogP contribution in [-0.4, -0.2) is 51.6 Å². The second-order valence-electron chi connectivity index (χ2n) is 9.08. The zero-order chi connectivity index (χ0) is 26.0. The molecule has 1 atom stereocenters. The van der Waals surface area contributed by atoms with Gasteiger partial charge in [-0.2, -0.15) is 0 Å². The molecular weight excluding hydrogens is 534 g/mol. The molecule has 36 heavy (non-hydrogen) atoms. The van der Waals surface area contributed by atoms with Crippen LogP contribution in [0.4, 0.5) is 0 Å². The molecule has 11 heteroatoms. The van der Waals surface area contributed by atoms with Crippen molar-refractivity contribution in [2.45, 2.75) is 51.0 Å². The number of ether oxygens (including phenoxy) is 3. The summed E-state index contributed by atoms with van der Waals surface area (Å²) in [6.45, 7) is 3.76. The van der Waals surface area contributed by atoms with Crippen LogP contribution < -0.4 is 16.0 Å². The minimum absolute atomic E-state index is 0.00630. The van der Waals surface area contributed by atoms with Gasteiger partial charge in [0.25, 0.3) is 5.56 Å². The lowest BCUT2D eigenvalue weighted by molar-refractivity contribution is -0.146. The Morgan fingerprint density at radius 3 is 2.58 bits per heavy atom. The molecule has 192 valence electrons. The Bertz CT molecular complexity index is 1390. The van der Waals surface area contributed by atoms with E-state index in [4.69, 9.17) is 14.2 Å². The molecule has 1 N–H and O–H groups in total. The zero-order valence-electron chi connectivity index (χ0n) is 20.3. The Kier molecular flexibility index (Phi) is 7.62. The van der Waals surface area contributed by atoms with Crippen LogP contribution in [0, 0.1) is 0 Å². The van der Waals surface area contributed by atoms with E-state index in [9.17, 15) is 19.5 Å². The summed E-state index contributed by atoms with van der Waals surface area (Å²) in [6.07, 6.45) is 0.653. The van der Waals surface area contributed by atoms with Gasteiger partial charge in [0.1, 0.15) is 22.0 Å². The fourth-order valence-corrected chi connectivity index (χ4v) is 4.65. The van der Waals surface area contributed by atoms with Crippen molar-refractivity contribution in [2.75, 3.05) is 20.3 Å². The Morgan fingerprint density at radius 2 is 1.92 bits per heavy atom. The highest BCUT2D eigenvalue weighted by atomic mass is 79.9. The van der Waals surface area contributed by atoms with E-state index in [1.54, 1.807) is 19.2 Å². The number of fused-ring (bicyclic) bond motifs is 1. The molecule has 3 heterocycles. The summed E-state index contributed by atoms with van der Waals surface area (Å²) < 4.78 is 20.0. The lowest BCUT2D eigenvalue weighted by atomic mass is 10.1. The number of carboxylic acids is 1. The highest BCUT2D eigenvalue weighted by Gasteiger charge is 2.35. The number of hydrogen-bond donors (Lipinski definition) is 1. The monoisotopic (exact) mass is 561 g/mol. The molecule has 0 aliphatic carbocycles. The van der Waals surface area contributed by atoms with Gasteiger partial charge >= 0.3 is 11.7 Å². The Hall–Kier alpha value is -3.02. The summed E-state index contributed by atoms with van der Waals surface area (Å²) in [4.78, 5) is 43.4. The van der Waals surface area contributed by atoms with Crippen molar-refractivity contribution in [3.05, 3.63) is 67.4 Å². The number of carbonyl (C=O) groups is 1. The number of hydrogen-bond acceptors (Lipinski definition) is 7. The van der Waals surface area contributed by atoms with E-state index in [0.29, 0.717) is 36.4 Å². The summed E-state index contributed by atoms with van der Waals surface area (Å²) in [5, 5.41) is 9.82. The Labute approximate surface area is 215 Å². The Balaban J connectivity index is 1.93. The summed E-state index contributed by atoms with van der Waals surface area (Å²) >= 11 is 3.27. The number of aromatic nitrogens is 3. The molecule has 10 nitrogen and oxygen atoms in total. The predicted molar refractivity (Wildman–Crippen MR) is 136 cm³/mol. The number of para-hydroxylation sites is 1.